The van der Waals surface area contributed by atoms with Crippen LogP contribution in [0.15, 0.2) is 53.5 Å². The minimum absolute atomic E-state index is 0. The highest BCUT2D eigenvalue weighted by Gasteiger charge is 2.40. The second-order valence-corrected chi connectivity index (χ2v) is 8.56. The van der Waals surface area contributed by atoms with Crippen LogP contribution >= 0.6 is 24.0 Å². The number of rotatable bonds is 7. The van der Waals surface area contributed by atoms with E-state index in [2.05, 4.69) is 52.8 Å². The molecule has 0 aromatic heterocycles. The van der Waals surface area contributed by atoms with Crippen molar-refractivity contribution in [3.8, 4) is 11.5 Å². The molecule has 4 rings (SSSR count). The molecule has 0 saturated carbocycles. The number of aliphatic imine (C=N–C) groups is 1. The molecule has 32 heavy (non-hydrogen) atoms. The predicted octanol–water partition coefficient (Wildman–Crippen LogP) is 4.27. The molecule has 2 unspecified atom stereocenters. The number of phenolic OH excluding ortho intramolecular Hbond substituents is 1. The van der Waals surface area contributed by atoms with E-state index in [0.717, 1.165) is 37.5 Å². The number of ether oxygens (including phenoxy) is 1. The Kier molecular flexibility index (Phi) is 9.04. The van der Waals surface area contributed by atoms with Gasteiger partial charge in [-0.2, -0.15) is 0 Å². The summed E-state index contributed by atoms with van der Waals surface area (Å²) in [5, 5.41) is 17.1. The van der Waals surface area contributed by atoms with E-state index >= 15 is 0 Å². The third-order valence-electron chi connectivity index (χ3n) is 6.44. The van der Waals surface area contributed by atoms with E-state index in [4.69, 9.17) is 9.73 Å². The Hall–Kier alpha value is -2.00. The highest BCUT2D eigenvalue weighted by Crippen LogP contribution is 2.36. The van der Waals surface area contributed by atoms with Crippen molar-refractivity contribution in [3.05, 3.63) is 59.7 Å². The molecule has 6 nitrogen and oxygen atoms in total. The zero-order valence-corrected chi connectivity index (χ0v) is 21.3. The molecule has 2 bridgehead atoms. The van der Waals surface area contributed by atoms with E-state index in [1.54, 1.807) is 19.2 Å². The Labute approximate surface area is 208 Å². The number of hydrogen-bond donors (Lipinski definition) is 3. The minimum Gasteiger partial charge on any atom is -0.504 e. The molecule has 2 aromatic carbocycles. The molecule has 7 heteroatoms. The normalized spacial score (nSPS) is 22.8. The van der Waals surface area contributed by atoms with Crippen LogP contribution in [0.4, 0.5) is 0 Å². The van der Waals surface area contributed by atoms with Crippen LogP contribution in [0.2, 0.25) is 0 Å². The Balaban J connectivity index is 0.00000289. The summed E-state index contributed by atoms with van der Waals surface area (Å²) in [7, 11) is 1.55. The molecular formula is C25H35IN4O2. The summed E-state index contributed by atoms with van der Waals surface area (Å²) >= 11 is 0. The van der Waals surface area contributed by atoms with Crippen molar-refractivity contribution >= 4 is 29.9 Å². The molecule has 3 N–H and O–H groups in total. The molecule has 2 aliphatic heterocycles. The fourth-order valence-corrected chi connectivity index (χ4v) is 4.96. The van der Waals surface area contributed by atoms with Crippen LogP contribution in [0, 0.1) is 0 Å². The molecule has 2 fully saturated rings. The maximum Gasteiger partial charge on any atom is 0.191 e. The van der Waals surface area contributed by atoms with Gasteiger partial charge in [-0.1, -0.05) is 36.4 Å². The van der Waals surface area contributed by atoms with Crippen molar-refractivity contribution in [2.24, 2.45) is 4.99 Å². The first kappa shape index (κ1) is 24.6. The number of methoxy groups -OCH3 is 1. The van der Waals surface area contributed by atoms with Crippen molar-refractivity contribution < 1.29 is 9.84 Å². The van der Waals surface area contributed by atoms with Gasteiger partial charge in [-0.15, -0.1) is 24.0 Å². The largest absolute Gasteiger partial charge is 0.504 e. The lowest BCUT2D eigenvalue weighted by Crippen LogP contribution is -2.52. The summed E-state index contributed by atoms with van der Waals surface area (Å²) in [6, 6.07) is 18.0. The second-order valence-electron chi connectivity index (χ2n) is 8.56. The molecule has 174 valence electrons. The quantitative estimate of drug-likeness (QED) is 0.273. The predicted molar refractivity (Wildman–Crippen MR) is 140 cm³/mol. The van der Waals surface area contributed by atoms with E-state index in [0.29, 0.717) is 30.4 Å². The van der Waals surface area contributed by atoms with Gasteiger partial charge in [-0.25, -0.2) is 4.99 Å². The summed E-state index contributed by atoms with van der Waals surface area (Å²) in [6.45, 7) is 4.46. The number of phenols is 1. The van der Waals surface area contributed by atoms with E-state index in [9.17, 15) is 5.11 Å². The smallest absolute Gasteiger partial charge is 0.191 e. The first-order valence-electron chi connectivity index (χ1n) is 11.4. The number of piperidine rings is 1. The second kappa shape index (κ2) is 11.7. The standard InChI is InChI=1S/C25H34N4O2.HI/c1-3-26-25(27-16-19-9-12-24(31-2)23(30)13-19)28-20-14-21-10-11-22(15-20)29(21)17-18-7-5-4-6-8-18;/h4-9,12-13,20-22,30H,3,10-11,14-17H2,1-2H3,(H2,26,27,28);1H. The molecule has 0 spiro atoms. The number of hydrogen-bond acceptors (Lipinski definition) is 4. The Morgan fingerprint density at radius 2 is 1.81 bits per heavy atom. The molecule has 2 saturated heterocycles. The summed E-state index contributed by atoms with van der Waals surface area (Å²) in [6.07, 6.45) is 4.87. The lowest BCUT2D eigenvalue weighted by molar-refractivity contribution is 0.114. The summed E-state index contributed by atoms with van der Waals surface area (Å²) < 4.78 is 5.12. The number of benzene rings is 2. The number of aromatic hydroxyl groups is 1. The van der Waals surface area contributed by atoms with Gasteiger partial charge >= 0.3 is 0 Å². The molecule has 2 heterocycles. The van der Waals surface area contributed by atoms with Gasteiger partial charge < -0.3 is 20.5 Å². The van der Waals surface area contributed by atoms with Crippen LogP contribution in [-0.2, 0) is 13.1 Å². The van der Waals surface area contributed by atoms with Crippen LogP contribution < -0.4 is 15.4 Å². The number of nitrogens with zero attached hydrogens (tertiary/aromatic N) is 2. The van der Waals surface area contributed by atoms with Crippen LogP contribution in [0.3, 0.4) is 0 Å². The van der Waals surface area contributed by atoms with E-state index in [1.807, 2.05) is 6.07 Å². The van der Waals surface area contributed by atoms with Crippen molar-refractivity contribution in [1.29, 1.82) is 0 Å². The zero-order valence-electron chi connectivity index (χ0n) is 19.0. The van der Waals surface area contributed by atoms with Crippen molar-refractivity contribution in [3.63, 3.8) is 0 Å². The maximum absolute atomic E-state index is 10.0. The molecule has 2 atom stereocenters. The molecular weight excluding hydrogens is 515 g/mol. The van der Waals surface area contributed by atoms with Gasteiger partial charge in [-0.05, 0) is 55.9 Å². The van der Waals surface area contributed by atoms with Gasteiger partial charge in [0.1, 0.15) is 0 Å². The fraction of sp³-hybridized carbons (Fsp3) is 0.480. The van der Waals surface area contributed by atoms with Crippen molar-refractivity contribution in [1.82, 2.24) is 15.5 Å². The van der Waals surface area contributed by atoms with E-state index < -0.39 is 0 Å². The van der Waals surface area contributed by atoms with Crippen LogP contribution in [0.1, 0.15) is 43.7 Å². The van der Waals surface area contributed by atoms with Gasteiger partial charge in [0.2, 0.25) is 0 Å². The van der Waals surface area contributed by atoms with Gasteiger partial charge in [0.25, 0.3) is 0 Å². The van der Waals surface area contributed by atoms with E-state index in [-0.39, 0.29) is 29.7 Å². The lowest BCUT2D eigenvalue weighted by atomic mass is 9.96. The first-order chi connectivity index (χ1) is 15.2. The third-order valence-corrected chi connectivity index (χ3v) is 6.44. The fourth-order valence-electron chi connectivity index (χ4n) is 4.96. The van der Waals surface area contributed by atoms with Crippen LogP contribution in [0.25, 0.3) is 0 Å². The average Bonchev–Trinajstić information content (AvgIpc) is 3.01. The molecule has 0 aliphatic carbocycles. The Morgan fingerprint density at radius 3 is 2.44 bits per heavy atom. The van der Waals surface area contributed by atoms with Gasteiger partial charge in [0, 0.05) is 31.2 Å². The topological polar surface area (TPSA) is 69.1 Å². The molecule has 2 aromatic rings. The maximum atomic E-state index is 10.0. The lowest BCUT2D eigenvalue weighted by Gasteiger charge is -2.39. The SMILES string of the molecule is CCNC(=NCc1ccc(OC)c(O)c1)NC1CC2CCC(C1)N2Cc1ccccc1.I. The highest BCUT2D eigenvalue weighted by molar-refractivity contribution is 14.0. The monoisotopic (exact) mass is 550 g/mol. The number of nitrogens with one attached hydrogen (secondary N) is 2. The summed E-state index contributed by atoms with van der Waals surface area (Å²) in [5.41, 5.74) is 2.36. The van der Waals surface area contributed by atoms with Gasteiger partial charge in [0.15, 0.2) is 17.5 Å². The average molecular weight is 550 g/mol. The number of guanidine groups is 1. The number of halogens is 1. The molecule has 2 aliphatic rings. The van der Waals surface area contributed by atoms with Crippen LogP contribution in [-0.4, -0.2) is 47.7 Å². The van der Waals surface area contributed by atoms with Gasteiger partial charge in [0.05, 0.1) is 13.7 Å². The van der Waals surface area contributed by atoms with Crippen molar-refractivity contribution in [2.75, 3.05) is 13.7 Å². The number of fused-ring (bicyclic) bond motifs is 2. The summed E-state index contributed by atoms with van der Waals surface area (Å²) in [5.74, 6) is 1.48. The van der Waals surface area contributed by atoms with Gasteiger partial charge in [-0.3, -0.25) is 4.90 Å². The third kappa shape index (κ3) is 6.07. The zero-order chi connectivity index (χ0) is 21.6. The first-order valence-corrected chi connectivity index (χ1v) is 11.4. The highest BCUT2D eigenvalue weighted by atomic mass is 127. The van der Waals surface area contributed by atoms with Crippen molar-refractivity contribution in [2.45, 2.75) is 63.8 Å². The minimum atomic E-state index is 0. The van der Waals surface area contributed by atoms with E-state index in [1.165, 1.54) is 18.4 Å². The Morgan fingerprint density at radius 1 is 1.09 bits per heavy atom. The van der Waals surface area contributed by atoms with Crippen LogP contribution in [0.5, 0.6) is 11.5 Å². The molecule has 0 amide bonds. The Bertz CT molecular complexity index is 879. The summed E-state index contributed by atoms with van der Waals surface area (Å²) in [4.78, 5) is 7.47. The molecule has 0 radical (unpaired) electrons.